The molecule has 3 N–H and O–H groups in total. The van der Waals surface area contributed by atoms with Crippen molar-refractivity contribution in [3.05, 3.63) is 44.7 Å². The molecule has 0 atom stereocenters. The summed E-state index contributed by atoms with van der Waals surface area (Å²) < 4.78 is 10.3. The highest BCUT2D eigenvalue weighted by Crippen LogP contribution is 2.34. The summed E-state index contributed by atoms with van der Waals surface area (Å²) in [5, 5.41) is 3.59. The number of ether oxygens (including phenoxy) is 2. The Hall–Kier alpha value is -2.22. The van der Waals surface area contributed by atoms with Crippen LogP contribution in [0.2, 0.25) is 15.2 Å². The van der Waals surface area contributed by atoms with Crippen LogP contribution in [0.4, 0.5) is 5.69 Å². The Bertz CT molecular complexity index is 843. The minimum atomic E-state index is -0.688. The minimum absolute atomic E-state index is 0.0166. The molecule has 0 radical (unpaired) electrons. The Kier molecular flexibility index (Phi) is 6.30. The van der Waals surface area contributed by atoms with Crippen molar-refractivity contribution < 1.29 is 14.3 Å². The van der Waals surface area contributed by atoms with Gasteiger partial charge in [0.15, 0.2) is 22.3 Å². The third-order valence-electron chi connectivity index (χ3n) is 3.07. The fourth-order valence-electron chi connectivity index (χ4n) is 1.83. The van der Waals surface area contributed by atoms with Crippen molar-refractivity contribution in [3.63, 3.8) is 0 Å². The molecule has 1 aromatic carbocycles. The summed E-state index contributed by atoms with van der Waals surface area (Å²) >= 11 is 17.6. The van der Waals surface area contributed by atoms with Gasteiger partial charge >= 0.3 is 0 Å². The maximum absolute atomic E-state index is 12.1. The van der Waals surface area contributed by atoms with E-state index >= 15 is 0 Å². The summed E-state index contributed by atoms with van der Waals surface area (Å²) in [6.45, 7) is 0. The molecule has 0 aliphatic heterocycles. The zero-order valence-corrected chi connectivity index (χ0v) is 15.4. The van der Waals surface area contributed by atoms with Gasteiger partial charge in [0.05, 0.1) is 31.1 Å². The molecule has 2 rings (SSSR count). The average Bonchev–Trinajstić information content (AvgIpc) is 2.62. The molecule has 10 heteroatoms. The van der Waals surface area contributed by atoms with E-state index in [0.717, 1.165) is 0 Å². The molecule has 0 aliphatic carbocycles. The van der Waals surface area contributed by atoms with Gasteiger partial charge < -0.3 is 15.2 Å². The van der Waals surface area contributed by atoms with Crippen LogP contribution in [-0.2, 0) is 0 Å². The number of carbonyl (C=O) groups is 1. The number of nitrogens with two attached hydrogens (primary N) is 1. The first-order valence-corrected chi connectivity index (χ1v) is 7.87. The van der Waals surface area contributed by atoms with Crippen molar-refractivity contribution >= 4 is 52.6 Å². The number of amides is 1. The van der Waals surface area contributed by atoms with Crippen LogP contribution in [-0.4, -0.2) is 31.3 Å². The monoisotopic (exact) mass is 402 g/mol. The number of carbonyl (C=O) groups excluding carboxylic acids is 1. The quantitative estimate of drug-likeness (QED) is 0.453. The van der Waals surface area contributed by atoms with Crippen molar-refractivity contribution in [2.45, 2.75) is 0 Å². The van der Waals surface area contributed by atoms with Crippen molar-refractivity contribution in [3.8, 4) is 11.5 Å². The Morgan fingerprint density at radius 2 is 1.88 bits per heavy atom. The van der Waals surface area contributed by atoms with E-state index in [1.165, 1.54) is 20.4 Å². The summed E-state index contributed by atoms with van der Waals surface area (Å²) in [7, 11) is 3.05. The number of anilines is 1. The van der Waals surface area contributed by atoms with Crippen molar-refractivity contribution in [1.82, 2.24) is 10.4 Å². The number of hydrogen-bond donors (Lipinski definition) is 2. The Labute approximate surface area is 158 Å². The first-order valence-electron chi connectivity index (χ1n) is 6.74. The van der Waals surface area contributed by atoms with Gasteiger partial charge in [0.2, 0.25) is 0 Å². The molecule has 0 bridgehead atoms. The fourth-order valence-corrected chi connectivity index (χ4v) is 2.43. The van der Waals surface area contributed by atoms with E-state index in [1.807, 2.05) is 0 Å². The number of rotatable bonds is 5. The highest BCUT2D eigenvalue weighted by molar-refractivity contribution is 6.46. The molecule has 0 aliphatic rings. The maximum atomic E-state index is 12.1. The van der Waals surface area contributed by atoms with E-state index in [4.69, 9.17) is 50.0 Å². The van der Waals surface area contributed by atoms with Crippen LogP contribution in [0.15, 0.2) is 23.3 Å². The van der Waals surface area contributed by atoms with Gasteiger partial charge in [0, 0.05) is 0 Å². The fraction of sp³-hybridized carbons (Fsp3) is 0.133. The van der Waals surface area contributed by atoms with Crippen LogP contribution < -0.4 is 20.6 Å². The van der Waals surface area contributed by atoms with Crippen molar-refractivity contribution in [1.29, 1.82) is 0 Å². The molecule has 25 heavy (non-hydrogen) atoms. The van der Waals surface area contributed by atoms with E-state index in [-0.39, 0.29) is 26.6 Å². The van der Waals surface area contributed by atoms with Gasteiger partial charge in [-0.25, -0.2) is 10.4 Å². The molecule has 1 heterocycles. The topological polar surface area (TPSA) is 98.8 Å². The number of hydrogen-bond acceptors (Lipinski definition) is 6. The number of nitrogen functional groups attached to an aromatic ring is 1. The standard InChI is InChI=1S/C15H13Cl3N4O3/c1-24-8-4-3-7(5-9(8)25-2)6-20-22-15(23)13-10(16)12(19)11(17)14(18)21-13/h3-6H,1-2H3,(H2,19,21)(H,22,23)/b20-6+. The molecule has 0 spiro atoms. The number of aromatic nitrogens is 1. The number of benzene rings is 1. The second-order valence-corrected chi connectivity index (χ2v) is 5.72. The van der Waals surface area contributed by atoms with E-state index in [2.05, 4.69) is 15.5 Å². The molecule has 7 nitrogen and oxygen atoms in total. The number of halogens is 3. The Morgan fingerprint density at radius 3 is 2.52 bits per heavy atom. The van der Waals surface area contributed by atoms with Gasteiger partial charge in [-0.2, -0.15) is 5.10 Å². The van der Waals surface area contributed by atoms with Gasteiger partial charge in [0.25, 0.3) is 5.91 Å². The van der Waals surface area contributed by atoms with Crippen LogP contribution in [0.25, 0.3) is 0 Å². The zero-order chi connectivity index (χ0) is 18.6. The van der Waals surface area contributed by atoms with E-state index in [0.29, 0.717) is 17.1 Å². The summed E-state index contributed by atoms with van der Waals surface area (Å²) in [6.07, 6.45) is 1.41. The lowest BCUT2D eigenvalue weighted by atomic mass is 10.2. The van der Waals surface area contributed by atoms with Gasteiger partial charge in [-0.15, -0.1) is 0 Å². The highest BCUT2D eigenvalue weighted by atomic mass is 35.5. The maximum Gasteiger partial charge on any atom is 0.291 e. The van der Waals surface area contributed by atoms with Gasteiger partial charge in [0.1, 0.15) is 5.02 Å². The predicted molar refractivity (Wildman–Crippen MR) is 98.3 cm³/mol. The predicted octanol–water partition coefficient (Wildman–Crippen LogP) is 3.41. The number of methoxy groups -OCH3 is 2. The van der Waals surface area contributed by atoms with Crippen molar-refractivity contribution in [2.75, 3.05) is 20.0 Å². The van der Waals surface area contributed by atoms with Crippen LogP contribution in [0.5, 0.6) is 11.5 Å². The van der Waals surface area contributed by atoms with Crippen LogP contribution in [0.1, 0.15) is 16.1 Å². The Morgan fingerprint density at radius 1 is 1.20 bits per heavy atom. The first kappa shape index (κ1) is 19.1. The summed E-state index contributed by atoms with van der Waals surface area (Å²) in [5.41, 5.74) is 8.41. The minimum Gasteiger partial charge on any atom is -0.493 e. The third kappa shape index (κ3) is 4.25. The number of hydrazone groups is 1. The van der Waals surface area contributed by atoms with Crippen LogP contribution >= 0.6 is 34.8 Å². The highest BCUT2D eigenvalue weighted by Gasteiger charge is 2.19. The Balaban J connectivity index is 2.16. The molecule has 0 saturated carbocycles. The second-order valence-electron chi connectivity index (χ2n) is 4.61. The van der Waals surface area contributed by atoms with Crippen molar-refractivity contribution in [2.24, 2.45) is 5.10 Å². The summed E-state index contributed by atoms with van der Waals surface area (Å²) in [6, 6.07) is 5.14. The third-order valence-corrected chi connectivity index (χ3v) is 4.21. The smallest absolute Gasteiger partial charge is 0.291 e. The SMILES string of the molecule is COc1ccc(/C=N/NC(=O)c2nc(Cl)c(Cl)c(N)c2Cl)cc1OC. The molecular weight excluding hydrogens is 391 g/mol. The number of nitrogens with zero attached hydrogens (tertiary/aromatic N) is 2. The summed E-state index contributed by atoms with van der Waals surface area (Å²) in [5.74, 6) is 0.415. The molecule has 1 amide bonds. The first-order chi connectivity index (χ1) is 11.9. The van der Waals surface area contributed by atoms with Crippen LogP contribution in [0, 0.1) is 0 Å². The van der Waals surface area contributed by atoms with E-state index < -0.39 is 5.91 Å². The average molecular weight is 404 g/mol. The van der Waals surface area contributed by atoms with E-state index in [9.17, 15) is 4.79 Å². The van der Waals surface area contributed by atoms with Crippen LogP contribution in [0.3, 0.4) is 0 Å². The molecule has 2 aromatic rings. The summed E-state index contributed by atoms with van der Waals surface area (Å²) in [4.78, 5) is 15.9. The lowest BCUT2D eigenvalue weighted by Gasteiger charge is -2.08. The zero-order valence-electron chi connectivity index (χ0n) is 13.1. The molecule has 1 aromatic heterocycles. The number of nitrogens with one attached hydrogen (secondary N) is 1. The van der Waals surface area contributed by atoms with E-state index in [1.54, 1.807) is 18.2 Å². The molecule has 0 unspecified atom stereocenters. The molecule has 132 valence electrons. The van der Waals surface area contributed by atoms with Gasteiger partial charge in [-0.1, -0.05) is 34.8 Å². The number of pyridine rings is 1. The van der Waals surface area contributed by atoms with Gasteiger partial charge in [-0.05, 0) is 23.8 Å². The second kappa shape index (κ2) is 8.24. The van der Waals surface area contributed by atoms with Gasteiger partial charge in [-0.3, -0.25) is 4.79 Å². The normalized spacial score (nSPS) is 10.8. The lowest BCUT2D eigenvalue weighted by molar-refractivity contribution is 0.0950. The molecule has 0 saturated heterocycles. The lowest BCUT2D eigenvalue weighted by Crippen LogP contribution is -2.20. The largest absolute Gasteiger partial charge is 0.493 e. The molecule has 0 fully saturated rings. The molecular formula is C15H13Cl3N4O3.